The number of methoxy groups -OCH3 is 1. The molecule has 0 aliphatic heterocycles. The fraction of sp³-hybridized carbons (Fsp3) is 0.200. The number of hydrogen-bond acceptors (Lipinski definition) is 5. The van der Waals surface area contributed by atoms with Crippen molar-refractivity contribution in [1.29, 1.82) is 0 Å². The number of halogens is 1. The first-order valence-electron chi connectivity index (χ1n) is 8.33. The van der Waals surface area contributed by atoms with Crippen LogP contribution in [0.4, 0.5) is 17.3 Å². The van der Waals surface area contributed by atoms with Crippen molar-refractivity contribution in [3.05, 3.63) is 71.0 Å². The zero-order chi connectivity index (χ0) is 18.5. The van der Waals surface area contributed by atoms with Gasteiger partial charge in [0.2, 0.25) is 0 Å². The Balaban J connectivity index is 1.83. The van der Waals surface area contributed by atoms with E-state index in [-0.39, 0.29) is 6.04 Å². The van der Waals surface area contributed by atoms with E-state index in [1.54, 1.807) is 19.2 Å². The van der Waals surface area contributed by atoms with Crippen LogP contribution in [0, 0.1) is 6.92 Å². The van der Waals surface area contributed by atoms with Crippen LogP contribution < -0.4 is 15.4 Å². The first-order chi connectivity index (χ1) is 12.5. The molecule has 2 aromatic carbocycles. The first kappa shape index (κ1) is 18.0. The number of hydrogen-bond donors (Lipinski definition) is 2. The van der Waals surface area contributed by atoms with Crippen molar-refractivity contribution in [3.63, 3.8) is 0 Å². The maximum absolute atomic E-state index is 6.10. The molecule has 5 nitrogen and oxygen atoms in total. The van der Waals surface area contributed by atoms with Crippen LogP contribution in [0.25, 0.3) is 0 Å². The molecule has 1 aromatic heterocycles. The zero-order valence-electron chi connectivity index (χ0n) is 15.0. The zero-order valence-corrected chi connectivity index (χ0v) is 15.7. The molecule has 1 unspecified atom stereocenters. The van der Waals surface area contributed by atoms with Crippen LogP contribution >= 0.6 is 11.6 Å². The standard InChI is InChI=1S/C20H21ClN4O/c1-13(15-7-5-4-6-8-15)22-19-12-20(24-14(2)23-19)25-17-11-16(21)9-10-18(17)26-3/h4-13H,1-3H3,(H2,22,23,24,25). The van der Waals surface area contributed by atoms with Gasteiger partial charge in [-0.2, -0.15) is 0 Å². The fourth-order valence-corrected chi connectivity index (χ4v) is 2.84. The summed E-state index contributed by atoms with van der Waals surface area (Å²) >= 11 is 6.10. The highest BCUT2D eigenvalue weighted by atomic mass is 35.5. The second-order valence-corrected chi connectivity index (χ2v) is 6.37. The number of aryl methyl sites for hydroxylation is 1. The third-order valence-electron chi connectivity index (χ3n) is 3.93. The van der Waals surface area contributed by atoms with E-state index < -0.39 is 0 Å². The minimum Gasteiger partial charge on any atom is -0.495 e. The van der Waals surface area contributed by atoms with E-state index in [4.69, 9.17) is 16.3 Å². The van der Waals surface area contributed by atoms with E-state index in [9.17, 15) is 0 Å². The maximum Gasteiger partial charge on any atom is 0.142 e. The van der Waals surface area contributed by atoms with Crippen LogP contribution in [0.3, 0.4) is 0 Å². The Morgan fingerprint density at radius 2 is 1.73 bits per heavy atom. The van der Waals surface area contributed by atoms with Crippen LogP contribution in [0.1, 0.15) is 24.4 Å². The molecule has 0 aliphatic rings. The van der Waals surface area contributed by atoms with E-state index in [0.717, 1.165) is 11.5 Å². The Morgan fingerprint density at radius 1 is 1.00 bits per heavy atom. The number of nitrogens with one attached hydrogen (secondary N) is 2. The average molecular weight is 369 g/mol. The van der Waals surface area contributed by atoms with Crippen molar-refractivity contribution >= 4 is 28.9 Å². The third-order valence-corrected chi connectivity index (χ3v) is 4.16. The molecule has 2 N–H and O–H groups in total. The number of nitrogens with zero attached hydrogens (tertiary/aromatic N) is 2. The number of benzene rings is 2. The smallest absolute Gasteiger partial charge is 0.142 e. The van der Waals surface area contributed by atoms with Gasteiger partial charge in [-0.3, -0.25) is 0 Å². The summed E-state index contributed by atoms with van der Waals surface area (Å²) in [4.78, 5) is 8.93. The van der Waals surface area contributed by atoms with Crippen molar-refractivity contribution < 1.29 is 4.74 Å². The van der Waals surface area contributed by atoms with E-state index in [1.807, 2.05) is 37.3 Å². The summed E-state index contributed by atoms with van der Waals surface area (Å²) in [5.74, 6) is 2.77. The lowest BCUT2D eigenvalue weighted by atomic mass is 10.1. The van der Waals surface area contributed by atoms with Crippen molar-refractivity contribution in [2.75, 3.05) is 17.7 Å². The van der Waals surface area contributed by atoms with Gasteiger partial charge in [0.1, 0.15) is 23.2 Å². The van der Waals surface area contributed by atoms with E-state index in [1.165, 1.54) is 5.56 Å². The summed E-state index contributed by atoms with van der Waals surface area (Å²) < 4.78 is 5.38. The van der Waals surface area contributed by atoms with Gasteiger partial charge in [-0.1, -0.05) is 41.9 Å². The van der Waals surface area contributed by atoms with E-state index in [2.05, 4.69) is 39.7 Å². The number of rotatable bonds is 6. The quantitative estimate of drug-likeness (QED) is 0.613. The van der Waals surface area contributed by atoms with Gasteiger partial charge in [0, 0.05) is 17.1 Å². The number of aromatic nitrogens is 2. The topological polar surface area (TPSA) is 59.1 Å². The van der Waals surface area contributed by atoms with Gasteiger partial charge in [0.15, 0.2) is 0 Å². The van der Waals surface area contributed by atoms with Crippen molar-refractivity contribution in [2.24, 2.45) is 0 Å². The molecule has 0 saturated carbocycles. The second kappa shape index (κ2) is 8.06. The number of anilines is 3. The fourth-order valence-electron chi connectivity index (χ4n) is 2.67. The molecule has 0 radical (unpaired) electrons. The molecule has 0 fully saturated rings. The van der Waals surface area contributed by atoms with Crippen LogP contribution in [0.15, 0.2) is 54.6 Å². The lowest BCUT2D eigenvalue weighted by Crippen LogP contribution is -2.09. The lowest BCUT2D eigenvalue weighted by Gasteiger charge is -2.17. The Hall–Kier alpha value is -2.79. The van der Waals surface area contributed by atoms with Crippen LogP contribution in [0.2, 0.25) is 5.02 Å². The molecule has 3 rings (SSSR count). The monoisotopic (exact) mass is 368 g/mol. The SMILES string of the molecule is COc1ccc(Cl)cc1Nc1cc(NC(C)c2ccccc2)nc(C)n1. The molecule has 3 aromatic rings. The van der Waals surface area contributed by atoms with Crippen molar-refractivity contribution in [2.45, 2.75) is 19.9 Å². The molecule has 1 heterocycles. The average Bonchev–Trinajstić information content (AvgIpc) is 2.62. The van der Waals surface area contributed by atoms with Crippen LogP contribution in [-0.2, 0) is 0 Å². The van der Waals surface area contributed by atoms with Gasteiger partial charge in [0.25, 0.3) is 0 Å². The predicted molar refractivity (Wildman–Crippen MR) is 107 cm³/mol. The molecule has 0 bridgehead atoms. The summed E-state index contributed by atoms with van der Waals surface area (Å²) in [6, 6.07) is 17.6. The Morgan fingerprint density at radius 3 is 2.46 bits per heavy atom. The lowest BCUT2D eigenvalue weighted by molar-refractivity contribution is 0.417. The summed E-state index contributed by atoms with van der Waals surface area (Å²) in [7, 11) is 1.62. The van der Waals surface area contributed by atoms with E-state index >= 15 is 0 Å². The van der Waals surface area contributed by atoms with Gasteiger partial charge in [0.05, 0.1) is 12.8 Å². The van der Waals surface area contributed by atoms with Gasteiger partial charge in [-0.15, -0.1) is 0 Å². The van der Waals surface area contributed by atoms with Gasteiger partial charge in [-0.05, 0) is 37.6 Å². The van der Waals surface area contributed by atoms with Crippen LogP contribution in [0.5, 0.6) is 5.75 Å². The molecular weight excluding hydrogens is 348 g/mol. The largest absolute Gasteiger partial charge is 0.495 e. The Labute approximate surface area is 158 Å². The van der Waals surface area contributed by atoms with Gasteiger partial charge < -0.3 is 15.4 Å². The summed E-state index contributed by atoms with van der Waals surface area (Å²) in [5, 5.41) is 7.30. The molecule has 0 aliphatic carbocycles. The second-order valence-electron chi connectivity index (χ2n) is 5.93. The van der Waals surface area contributed by atoms with Crippen molar-refractivity contribution in [1.82, 2.24) is 9.97 Å². The molecule has 6 heteroatoms. The van der Waals surface area contributed by atoms with Gasteiger partial charge in [-0.25, -0.2) is 9.97 Å². The number of ether oxygens (including phenoxy) is 1. The summed E-state index contributed by atoms with van der Waals surface area (Å²) in [6.07, 6.45) is 0. The Bertz CT molecular complexity index is 886. The summed E-state index contributed by atoms with van der Waals surface area (Å²) in [6.45, 7) is 3.96. The molecule has 134 valence electrons. The molecule has 26 heavy (non-hydrogen) atoms. The third kappa shape index (κ3) is 4.43. The maximum atomic E-state index is 6.10. The minimum atomic E-state index is 0.124. The predicted octanol–water partition coefficient (Wildman–Crippen LogP) is 5.36. The highest BCUT2D eigenvalue weighted by molar-refractivity contribution is 6.31. The van der Waals surface area contributed by atoms with Crippen molar-refractivity contribution in [3.8, 4) is 5.75 Å². The molecule has 0 saturated heterocycles. The minimum absolute atomic E-state index is 0.124. The Kier molecular flexibility index (Phi) is 5.58. The van der Waals surface area contributed by atoms with Gasteiger partial charge >= 0.3 is 0 Å². The summed E-state index contributed by atoms with van der Waals surface area (Å²) in [5.41, 5.74) is 1.94. The molecular formula is C20H21ClN4O. The molecule has 0 amide bonds. The van der Waals surface area contributed by atoms with E-state index in [0.29, 0.717) is 22.4 Å². The highest BCUT2D eigenvalue weighted by Gasteiger charge is 2.10. The normalized spacial score (nSPS) is 11.7. The first-order valence-corrected chi connectivity index (χ1v) is 8.70. The highest BCUT2D eigenvalue weighted by Crippen LogP contribution is 2.30. The molecule has 0 spiro atoms. The van der Waals surface area contributed by atoms with Crippen LogP contribution in [-0.4, -0.2) is 17.1 Å². The molecule has 1 atom stereocenters.